The van der Waals surface area contributed by atoms with E-state index in [0.717, 1.165) is 16.8 Å². The summed E-state index contributed by atoms with van der Waals surface area (Å²) in [7, 11) is -8.97. The topological polar surface area (TPSA) is 243 Å². The number of rotatable bonds is 15. The van der Waals surface area contributed by atoms with Gasteiger partial charge in [-0.1, -0.05) is 56.1 Å². The van der Waals surface area contributed by atoms with Crippen molar-refractivity contribution >= 4 is 70.7 Å². The fourth-order valence-electron chi connectivity index (χ4n) is 4.36. The SMILES string of the molecule is COC1C(OP(=O)(O)Oc2ccccc2NC(=O)CBr)C(COP(=O)(O)Oc2ccccc2NC(=O)CBr)OC1n1ccc(=O)[nH]c1=O. The highest BCUT2D eigenvalue weighted by atomic mass is 79.9. The standard InChI is InChI=1S/C26H28Br2N4O14P2/c1-41-24-23(46-48(39,40)45-18-9-5-3-7-16(18)30-22(35)13-28)19(43-25(24)32-11-10-20(33)31-26(32)36)14-42-47(37,38)44-17-8-4-2-6-15(17)29-21(34)12-27/h2-11,19,23-25H,12-14H2,1H3,(H,29,34)(H,30,35)(H,37,38)(H,39,40)(H,31,33,36). The summed E-state index contributed by atoms with van der Waals surface area (Å²) in [5, 5.41) is 4.83. The van der Waals surface area contributed by atoms with E-state index < -0.39 is 69.9 Å². The molecule has 1 saturated heterocycles. The van der Waals surface area contributed by atoms with Crippen molar-refractivity contribution in [1.82, 2.24) is 9.55 Å². The van der Waals surface area contributed by atoms with Crippen molar-refractivity contribution in [3.8, 4) is 11.5 Å². The van der Waals surface area contributed by atoms with Crippen LogP contribution in [0.2, 0.25) is 0 Å². The van der Waals surface area contributed by atoms with E-state index >= 15 is 0 Å². The normalized spacial score (nSPS) is 21.4. The van der Waals surface area contributed by atoms with Gasteiger partial charge in [-0.25, -0.2) is 13.9 Å². The van der Waals surface area contributed by atoms with Gasteiger partial charge < -0.3 is 29.2 Å². The molecule has 18 nitrogen and oxygen atoms in total. The maximum absolute atomic E-state index is 13.4. The summed E-state index contributed by atoms with van der Waals surface area (Å²) in [6.07, 6.45) is -4.88. The van der Waals surface area contributed by atoms with Gasteiger partial charge in [-0.15, -0.1) is 0 Å². The molecule has 2 heterocycles. The van der Waals surface area contributed by atoms with Crippen LogP contribution in [0.5, 0.6) is 11.5 Å². The molecule has 0 bridgehead atoms. The van der Waals surface area contributed by atoms with Crippen LogP contribution < -0.4 is 30.9 Å². The second-order valence-electron chi connectivity index (χ2n) is 9.62. The number of methoxy groups -OCH3 is 1. The van der Waals surface area contributed by atoms with Crippen molar-refractivity contribution in [1.29, 1.82) is 0 Å². The van der Waals surface area contributed by atoms with Crippen LogP contribution in [0.25, 0.3) is 0 Å². The molecule has 0 radical (unpaired) electrons. The molecule has 0 aliphatic carbocycles. The van der Waals surface area contributed by atoms with Gasteiger partial charge in [0, 0.05) is 19.4 Å². The predicted molar refractivity (Wildman–Crippen MR) is 175 cm³/mol. The van der Waals surface area contributed by atoms with Crippen molar-refractivity contribution in [2.75, 3.05) is 35.0 Å². The average Bonchev–Trinajstić information content (AvgIpc) is 3.37. The molecular weight excluding hydrogens is 814 g/mol. The summed E-state index contributed by atoms with van der Waals surface area (Å²) in [6, 6.07) is 12.4. The summed E-state index contributed by atoms with van der Waals surface area (Å²) in [6.45, 7) is -0.846. The number of benzene rings is 2. The van der Waals surface area contributed by atoms with Gasteiger partial charge in [-0.3, -0.25) is 42.8 Å². The molecular formula is C26H28Br2N4O14P2. The van der Waals surface area contributed by atoms with Crippen molar-refractivity contribution in [2.45, 2.75) is 24.5 Å². The zero-order valence-corrected chi connectivity index (χ0v) is 29.6. The smallest absolute Gasteiger partial charge is 0.402 e. The quantitative estimate of drug-likeness (QED) is 0.109. The number of aromatic nitrogens is 2. The molecule has 48 heavy (non-hydrogen) atoms. The highest BCUT2D eigenvalue weighted by Gasteiger charge is 2.51. The monoisotopic (exact) mass is 840 g/mol. The van der Waals surface area contributed by atoms with Gasteiger partial charge in [-0.2, -0.15) is 0 Å². The fraction of sp³-hybridized carbons (Fsp3) is 0.308. The van der Waals surface area contributed by atoms with Gasteiger partial charge in [0.15, 0.2) is 17.7 Å². The number of hydrogen-bond acceptors (Lipinski definition) is 12. The van der Waals surface area contributed by atoms with Crippen LogP contribution >= 0.6 is 47.5 Å². The number of para-hydroxylation sites is 4. The number of phosphoric ester groups is 2. The minimum atomic E-state index is -5.14. The van der Waals surface area contributed by atoms with Crippen molar-refractivity contribution < 1.29 is 56.1 Å². The number of nitrogens with one attached hydrogen (secondary N) is 3. The van der Waals surface area contributed by atoms with Crippen LogP contribution in [0, 0.1) is 0 Å². The van der Waals surface area contributed by atoms with Crippen molar-refractivity contribution in [3.05, 3.63) is 81.6 Å². The molecule has 1 aliphatic heterocycles. The molecule has 6 unspecified atom stereocenters. The minimum Gasteiger partial charge on any atom is -0.402 e. The number of ether oxygens (including phenoxy) is 2. The molecule has 0 saturated carbocycles. The van der Waals surface area contributed by atoms with Crippen LogP contribution in [-0.4, -0.2) is 73.8 Å². The van der Waals surface area contributed by atoms with E-state index in [1.165, 1.54) is 49.6 Å². The molecule has 0 spiro atoms. The highest BCUT2D eigenvalue weighted by Crippen LogP contribution is 2.52. The number of aromatic amines is 1. The van der Waals surface area contributed by atoms with Gasteiger partial charge in [0.05, 0.1) is 28.6 Å². The van der Waals surface area contributed by atoms with Crippen LogP contribution in [-0.2, 0) is 37.2 Å². The van der Waals surface area contributed by atoms with E-state index in [-0.39, 0.29) is 33.5 Å². The number of phosphoric acid groups is 2. The lowest BCUT2D eigenvalue weighted by Crippen LogP contribution is -2.40. The van der Waals surface area contributed by atoms with Gasteiger partial charge in [-0.05, 0) is 24.3 Å². The molecule has 5 N–H and O–H groups in total. The molecule has 4 rings (SSSR count). The van der Waals surface area contributed by atoms with E-state index in [0.29, 0.717) is 0 Å². The van der Waals surface area contributed by atoms with E-state index in [1.807, 2.05) is 4.98 Å². The maximum Gasteiger partial charge on any atom is 0.527 e. The molecule has 260 valence electrons. The first kappa shape index (κ1) is 37.7. The van der Waals surface area contributed by atoms with E-state index in [4.69, 9.17) is 27.6 Å². The predicted octanol–water partition coefficient (Wildman–Crippen LogP) is 2.88. The Morgan fingerprint density at radius 1 is 0.896 bits per heavy atom. The van der Waals surface area contributed by atoms with Gasteiger partial charge >= 0.3 is 21.3 Å². The zero-order chi connectivity index (χ0) is 35.1. The first-order valence-electron chi connectivity index (χ1n) is 13.5. The third-order valence-corrected chi connectivity index (χ3v) is 9.19. The number of H-pyrrole nitrogens is 1. The number of nitrogens with zero attached hydrogens (tertiary/aromatic N) is 1. The Hall–Kier alpha value is -3.16. The summed E-state index contributed by atoms with van der Waals surface area (Å²) < 4.78 is 59.7. The number of alkyl halides is 2. The largest absolute Gasteiger partial charge is 0.527 e. The molecule has 1 aliphatic rings. The number of carbonyl (C=O) groups is 2. The average molecular weight is 842 g/mol. The van der Waals surface area contributed by atoms with E-state index in [2.05, 4.69) is 42.5 Å². The zero-order valence-electron chi connectivity index (χ0n) is 24.6. The first-order valence-corrected chi connectivity index (χ1v) is 18.8. The van der Waals surface area contributed by atoms with Crippen LogP contribution in [0.3, 0.4) is 0 Å². The highest BCUT2D eigenvalue weighted by molar-refractivity contribution is 9.09. The van der Waals surface area contributed by atoms with Crippen LogP contribution in [0.4, 0.5) is 11.4 Å². The summed E-state index contributed by atoms with van der Waals surface area (Å²) >= 11 is 6.00. The lowest BCUT2D eigenvalue weighted by Gasteiger charge is -2.26. The molecule has 22 heteroatoms. The maximum atomic E-state index is 13.4. The molecule has 2 aromatic carbocycles. The summed E-state index contributed by atoms with van der Waals surface area (Å²) in [4.78, 5) is 71.5. The first-order chi connectivity index (χ1) is 22.8. The van der Waals surface area contributed by atoms with Crippen LogP contribution in [0.1, 0.15) is 6.23 Å². The molecule has 6 atom stereocenters. The van der Waals surface area contributed by atoms with Gasteiger partial charge in [0.25, 0.3) is 5.56 Å². The Morgan fingerprint density at radius 3 is 1.96 bits per heavy atom. The van der Waals surface area contributed by atoms with Gasteiger partial charge in [0.2, 0.25) is 11.8 Å². The second-order valence-corrected chi connectivity index (χ2v) is 13.5. The lowest BCUT2D eigenvalue weighted by atomic mass is 10.1. The van der Waals surface area contributed by atoms with E-state index in [9.17, 15) is 38.1 Å². The Morgan fingerprint density at radius 2 is 1.44 bits per heavy atom. The Kier molecular flexibility index (Phi) is 12.9. The third kappa shape index (κ3) is 9.94. The fourth-order valence-corrected chi connectivity index (χ4v) is 6.45. The molecule has 3 aromatic rings. The number of amides is 2. The summed E-state index contributed by atoms with van der Waals surface area (Å²) in [5.41, 5.74) is -1.57. The second kappa shape index (κ2) is 16.5. The van der Waals surface area contributed by atoms with Crippen molar-refractivity contribution in [3.63, 3.8) is 0 Å². The molecule has 2 amide bonds. The third-order valence-electron chi connectivity index (χ3n) is 6.33. The summed E-state index contributed by atoms with van der Waals surface area (Å²) in [5.74, 6) is -1.43. The van der Waals surface area contributed by atoms with Crippen molar-refractivity contribution in [2.24, 2.45) is 0 Å². The molecule has 1 fully saturated rings. The Balaban J connectivity index is 1.61. The Labute approximate surface area is 288 Å². The lowest BCUT2D eigenvalue weighted by molar-refractivity contribution is -0.114. The van der Waals surface area contributed by atoms with Gasteiger partial charge in [0.1, 0.15) is 18.3 Å². The number of carbonyl (C=O) groups excluding carboxylic acids is 2. The molecule has 1 aromatic heterocycles. The van der Waals surface area contributed by atoms with E-state index in [1.54, 1.807) is 6.07 Å². The minimum absolute atomic E-state index is 0.0364. The number of halogens is 2. The van der Waals surface area contributed by atoms with Crippen LogP contribution in [0.15, 0.2) is 70.4 Å². The number of anilines is 2. The number of hydrogen-bond donors (Lipinski definition) is 5. The Bertz CT molecular complexity index is 1840.